The molecule has 0 atom stereocenters. The molecule has 7 nitrogen and oxygen atoms in total. The summed E-state index contributed by atoms with van der Waals surface area (Å²) in [7, 11) is 0. The van der Waals surface area contributed by atoms with E-state index in [1.165, 1.54) is 12.8 Å². The van der Waals surface area contributed by atoms with Crippen molar-refractivity contribution in [2.45, 2.75) is 32.6 Å². The van der Waals surface area contributed by atoms with Gasteiger partial charge in [-0.3, -0.25) is 0 Å². The van der Waals surface area contributed by atoms with E-state index in [-0.39, 0.29) is 0 Å². The van der Waals surface area contributed by atoms with Crippen LogP contribution in [0.2, 0.25) is 0 Å². The van der Waals surface area contributed by atoms with Crippen LogP contribution in [0.25, 0.3) is 38.1 Å². The van der Waals surface area contributed by atoms with Crippen molar-refractivity contribution in [3.63, 3.8) is 0 Å². The van der Waals surface area contributed by atoms with Gasteiger partial charge < -0.3 is 13.9 Å². The standard InChI is InChI=1S/C25H24N6OS/c1-17-19-20(30-13-9-10-14-30)21(23-28-29-25(32-23)31-15-7-2-3-8-16-31)33-24(19)27-22(26-17)18-11-5-4-6-12-18/h4-6,9-14H,2-3,7-8,15-16H2,1H3. The zero-order valence-corrected chi connectivity index (χ0v) is 19.3. The summed E-state index contributed by atoms with van der Waals surface area (Å²) in [6, 6.07) is 14.7. The third kappa shape index (κ3) is 3.70. The predicted molar refractivity (Wildman–Crippen MR) is 131 cm³/mol. The second-order valence-corrected chi connectivity index (χ2v) is 9.34. The van der Waals surface area contributed by atoms with Crippen LogP contribution in [0, 0.1) is 6.92 Å². The van der Waals surface area contributed by atoms with Crippen molar-refractivity contribution in [1.82, 2.24) is 24.7 Å². The van der Waals surface area contributed by atoms with Gasteiger partial charge in [0.25, 0.3) is 5.89 Å². The third-order valence-corrected chi connectivity index (χ3v) is 7.15. The molecule has 0 saturated carbocycles. The van der Waals surface area contributed by atoms with E-state index in [4.69, 9.17) is 14.4 Å². The minimum Gasteiger partial charge on any atom is -0.402 e. The summed E-state index contributed by atoms with van der Waals surface area (Å²) in [4.78, 5) is 13.8. The van der Waals surface area contributed by atoms with Gasteiger partial charge in [0.1, 0.15) is 9.71 Å². The second kappa shape index (κ2) is 8.44. The Bertz CT molecular complexity index is 1380. The van der Waals surface area contributed by atoms with Gasteiger partial charge in [0.2, 0.25) is 0 Å². The second-order valence-electron chi connectivity index (χ2n) is 8.34. The van der Waals surface area contributed by atoms with Gasteiger partial charge in [0.15, 0.2) is 5.82 Å². The maximum atomic E-state index is 6.24. The van der Waals surface area contributed by atoms with E-state index in [9.17, 15) is 0 Å². The number of aryl methyl sites for hydroxylation is 1. The van der Waals surface area contributed by atoms with E-state index < -0.39 is 0 Å². The minimum atomic E-state index is 0.529. The van der Waals surface area contributed by atoms with Gasteiger partial charge in [0.05, 0.1) is 16.8 Å². The smallest absolute Gasteiger partial charge is 0.318 e. The van der Waals surface area contributed by atoms with Gasteiger partial charge in [0, 0.05) is 31.0 Å². The maximum absolute atomic E-state index is 6.24. The highest BCUT2D eigenvalue weighted by atomic mass is 32.1. The first kappa shape index (κ1) is 20.1. The van der Waals surface area contributed by atoms with Crippen LogP contribution < -0.4 is 4.90 Å². The maximum Gasteiger partial charge on any atom is 0.318 e. The van der Waals surface area contributed by atoms with E-state index in [1.54, 1.807) is 11.3 Å². The number of hydrogen-bond acceptors (Lipinski definition) is 7. The lowest BCUT2D eigenvalue weighted by atomic mass is 10.2. The molecule has 1 aliphatic heterocycles. The molecule has 1 aromatic carbocycles. The monoisotopic (exact) mass is 456 g/mol. The number of aromatic nitrogens is 5. The summed E-state index contributed by atoms with van der Waals surface area (Å²) in [5.41, 5.74) is 2.92. The van der Waals surface area contributed by atoms with Crippen molar-refractivity contribution in [3.8, 4) is 27.8 Å². The zero-order chi connectivity index (χ0) is 22.2. The molecular weight excluding hydrogens is 432 g/mol. The molecule has 5 aromatic rings. The van der Waals surface area contributed by atoms with Gasteiger partial charge in [-0.1, -0.05) is 48.3 Å². The van der Waals surface area contributed by atoms with E-state index in [2.05, 4.69) is 19.7 Å². The molecule has 0 unspecified atom stereocenters. The Kier molecular flexibility index (Phi) is 5.14. The lowest BCUT2D eigenvalue weighted by Gasteiger charge is -2.16. The van der Waals surface area contributed by atoms with Gasteiger partial charge in [-0.2, -0.15) is 0 Å². The first-order valence-electron chi connectivity index (χ1n) is 11.4. The van der Waals surface area contributed by atoms with Crippen LogP contribution in [-0.2, 0) is 0 Å². The number of fused-ring (bicyclic) bond motifs is 1. The van der Waals surface area contributed by atoms with Crippen molar-refractivity contribution >= 4 is 27.6 Å². The average molecular weight is 457 g/mol. The van der Waals surface area contributed by atoms with E-state index in [1.807, 2.05) is 61.8 Å². The van der Waals surface area contributed by atoms with Gasteiger partial charge >= 0.3 is 6.01 Å². The number of benzene rings is 1. The normalized spacial score (nSPS) is 14.6. The predicted octanol–water partition coefficient (Wildman–Crippen LogP) is 5.89. The average Bonchev–Trinajstić information content (AvgIpc) is 3.56. The highest BCUT2D eigenvalue weighted by molar-refractivity contribution is 7.22. The summed E-state index contributed by atoms with van der Waals surface area (Å²) in [6.07, 6.45) is 8.89. The van der Waals surface area contributed by atoms with Gasteiger partial charge in [-0.05, 0) is 31.9 Å². The molecule has 0 bridgehead atoms. The Morgan fingerprint density at radius 1 is 0.879 bits per heavy atom. The molecular formula is C25H24N6OS. The van der Waals surface area contributed by atoms with Crippen LogP contribution in [0.5, 0.6) is 0 Å². The SMILES string of the molecule is Cc1nc(-c2ccccc2)nc2sc(-c3nnc(N4CCCCCC4)o3)c(-n3cccc3)c12. The summed E-state index contributed by atoms with van der Waals surface area (Å²) in [5, 5.41) is 9.88. The van der Waals surface area contributed by atoms with Crippen LogP contribution >= 0.6 is 11.3 Å². The molecule has 6 rings (SSSR count). The highest BCUT2D eigenvalue weighted by Crippen LogP contribution is 2.42. The Hall–Kier alpha value is -3.52. The number of anilines is 1. The molecule has 0 N–H and O–H groups in total. The number of thiophene rings is 1. The molecule has 1 fully saturated rings. The number of nitrogens with zero attached hydrogens (tertiary/aromatic N) is 6. The molecule has 33 heavy (non-hydrogen) atoms. The quantitative estimate of drug-likeness (QED) is 0.336. The van der Waals surface area contributed by atoms with Crippen LogP contribution in [0.4, 0.5) is 6.01 Å². The lowest BCUT2D eigenvalue weighted by Crippen LogP contribution is -2.24. The van der Waals surface area contributed by atoms with Gasteiger partial charge in [-0.15, -0.1) is 16.4 Å². The molecule has 0 amide bonds. The molecule has 0 radical (unpaired) electrons. The van der Waals surface area contributed by atoms with Crippen molar-refractivity contribution in [2.75, 3.05) is 18.0 Å². The van der Waals surface area contributed by atoms with Crippen LogP contribution in [0.3, 0.4) is 0 Å². The summed E-state index contributed by atoms with van der Waals surface area (Å²) >= 11 is 1.58. The Balaban J connectivity index is 1.50. The molecule has 1 saturated heterocycles. The fraction of sp³-hybridized carbons (Fsp3) is 0.280. The fourth-order valence-corrected chi connectivity index (χ4v) is 5.59. The first-order valence-corrected chi connectivity index (χ1v) is 12.2. The number of hydrogen-bond donors (Lipinski definition) is 0. The largest absolute Gasteiger partial charge is 0.402 e. The Labute approximate surface area is 195 Å². The van der Waals surface area contributed by atoms with Crippen molar-refractivity contribution in [2.24, 2.45) is 0 Å². The summed E-state index contributed by atoms with van der Waals surface area (Å²) < 4.78 is 8.33. The molecule has 0 aliphatic carbocycles. The van der Waals surface area contributed by atoms with Crippen molar-refractivity contribution < 1.29 is 4.42 Å². The molecule has 166 valence electrons. The minimum absolute atomic E-state index is 0.529. The first-order chi connectivity index (χ1) is 16.3. The molecule has 0 spiro atoms. The lowest BCUT2D eigenvalue weighted by molar-refractivity contribution is 0.544. The zero-order valence-electron chi connectivity index (χ0n) is 18.4. The molecule has 1 aliphatic rings. The molecule has 4 aromatic heterocycles. The topological polar surface area (TPSA) is 72.9 Å². The van der Waals surface area contributed by atoms with Crippen molar-refractivity contribution in [3.05, 3.63) is 60.6 Å². The Morgan fingerprint density at radius 3 is 2.39 bits per heavy atom. The van der Waals surface area contributed by atoms with E-state index >= 15 is 0 Å². The van der Waals surface area contributed by atoms with Gasteiger partial charge in [-0.25, -0.2) is 9.97 Å². The van der Waals surface area contributed by atoms with Crippen LogP contribution in [0.1, 0.15) is 31.4 Å². The molecule has 5 heterocycles. The fourth-order valence-electron chi connectivity index (χ4n) is 4.44. The Morgan fingerprint density at radius 2 is 1.64 bits per heavy atom. The van der Waals surface area contributed by atoms with Crippen LogP contribution in [0.15, 0.2) is 59.3 Å². The summed E-state index contributed by atoms with van der Waals surface area (Å²) in [6.45, 7) is 3.96. The highest BCUT2D eigenvalue weighted by Gasteiger charge is 2.25. The third-order valence-electron chi connectivity index (χ3n) is 6.09. The van der Waals surface area contributed by atoms with E-state index in [0.717, 1.165) is 63.8 Å². The number of rotatable bonds is 4. The van der Waals surface area contributed by atoms with Crippen LogP contribution in [-0.4, -0.2) is 37.8 Å². The summed E-state index contributed by atoms with van der Waals surface area (Å²) in [5.74, 6) is 1.25. The van der Waals surface area contributed by atoms with E-state index in [0.29, 0.717) is 11.9 Å². The molecule has 8 heteroatoms. The van der Waals surface area contributed by atoms with Crippen molar-refractivity contribution in [1.29, 1.82) is 0 Å².